The van der Waals surface area contributed by atoms with Crippen LogP contribution in [0.1, 0.15) is 32.1 Å². The molecule has 1 saturated carbocycles. The van der Waals surface area contributed by atoms with Gasteiger partial charge in [0, 0.05) is 11.8 Å². The fourth-order valence-corrected chi connectivity index (χ4v) is 4.84. The lowest BCUT2D eigenvalue weighted by molar-refractivity contribution is 0.188. The van der Waals surface area contributed by atoms with Crippen LogP contribution in [0.25, 0.3) is 0 Å². The molecule has 0 bridgehead atoms. The molecule has 0 radical (unpaired) electrons. The summed E-state index contributed by atoms with van der Waals surface area (Å²) < 4.78 is 18.0. The summed E-state index contributed by atoms with van der Waals surface area (Å²) in [6.07, 6.45) is 6.27. The second-order valence-electron chi connectivity index (χ2n) is 6.06. The summed E-state index contributed by atoms with van der Waals surface area (Å²) in [7, 11) is 0. The highest BCUT2D eigenvalue weighted by atomic mass is 32.5. The van der Waals surface area contributed by atoms with Crippen molar-refractivity contribution in [2.24, 2.45) is 5.92 Å². The molecule has 0 heterocycles. The molecule has 3 rings (SSSR count). The molecule has 2 aromatic rings. The van der Waals surface area contributed by atoms with Crippen molar-refractivity contribution < 1.29 is 13.6 Å². The van der Waals surface area contributed by atoms with Gasteiger partial charge in [0.15, 0.2) is 0 Å². The fourth-order valence-electron chi connectivity index (χ4n) is 2.84. The van der Waals surface area contributed by atoms with Crippen LogP contribution in [0, 0.1) is 5.92 Å². The Morgan fingerprint density at radius 1 is 0.792 bits per heavy atom. The zero-order valence-corrected chi connectivity index (χ0v) is 15.4. The summed E-state index contributed by atoms with van der Waals surface area (Å²) in [5.74, 6) is 1.92. The molecule has 0 saturated heterocycles. The van der Waals surface area contributed by atoms with E-state index in [2.05, 4.69) is 0 Å². The molecule has 0 aromatic heterocycles. The minimum absolute atomic E-state index is 0.555. The molecular weight excluding hydrogens is 339 g/mol. The third kappa shape index (κ3) is 5.34. The van der Waals surface area contributed by atoms with Gasteiger partial charge < -0.3 is 9.05 Å². The van der Waals surface area contributed by atoms with Crippen molar-refractivity contribution in [1.29, 1.82) is 0 Å². The Labute approximate surface area is 149 Å². The van der Waals surface area contributed by atoms with Crippen LogP contribution >= 0.6 is 6.72 Å². The van der Waals surface area contributed by atoms with E-state index in [1.165, 1.54) is 32.1 Å². The summed E-state index contributed by atoms with van der Waals surface area (Å²) in [6.45, 7) is -2.29. The molecule has 0 N–H and O–H groups in total. The SMILES string of the molecule is S=P(OCC1CCCCC1)(Oc1ccccc1)Oc1ccccc1. The minimum Gasteiger partial charge on any atom is -0.416 e. The van der Waals surface area contributed by atoms with Gasteiger partial charge in [0.2, 0.25) is 0 Å². The molecule has 1 aliphatic carbocycles. The lowest BCUT2D eigenvalue weighted by Gasteiger charge is -2.26. The number of para-hydroxylation sites is 2. The zero-order chi connectivity index (χ0) is 16.7. The topological polar surface area (TPSA) is 27.7 Å². The van der Waals surface area contributed by atoms with E-state index in [1.807, 2.05) is 60.7 Å². The second-order valence-corrected chi connectivity index (χ2v) is 8.92. The standard InChI is InChI=1S/C19H23O3PS/c24-23(21-18-12-6-2-7-13-18,22-19-14-8-3-9-15-19)20-16-17-10-4-1-5-11-17/h2-3,6-9,12-15,17H,1,4-5,10-11,16H2. The Morgan fingerprint density at radius 2 is 1.29 bits per heavy atom. The van der Waals surface area contributed by atoms with Crippen molar-refractivity contribution in [3.8, 4) is 11.5 Å². The van der Waals surface area contributed by atoms with E-state index in [1.54, 1.807) is 0 Å². The Balaban J connectivity index is 1.70. The molecule has 0 spiro atoms. The highest BCUT2D eigenvalue weighted by Gasteiger charge is 2.27. The van der Waals surface area contributed by atoms with Crippen LogP contribution in [0.3, 0.4) is 0 Å². The minimum atomic E-state index is -2.90. The predicted octanol–water partition coefficient (Wildman–Crippen LogP) is 5.97. The van der Waals surface area contributed by atoms with Crippen LogP contribution in [0.4, 0.5) is 0 Å². The van der Waals surface area contributed by atoms with E-state index in [0.717, 1.165) is 0 Å². The Bertz CT molecular complexity index is 611. The molecule has 24 heavy (non-hydrogen) atoms. The van der Waals surface area contributed by atoms with Crippen molar-refractivity contribution in [3.05, 3.63) is 60.7 Å². The first-order valence-electron chi connectivity index (χ1n) is 8.47. The van der Waals surface area contributed by atoms with E-state index in [4.69, 9.17) is 25.4 Å². The fraction of sp³-hybridized carbons (Fsp3) is 0.368. The maximum Gasteiger partial charge on any atom is 0.434 e. The lowest BCUT2D eigenvalue weighted by atomic mass is 9.90. The third-order valence-electron chi connectivity index (χ3n) is 4.11. The van der Waals surface area contributed by atoms with Crippen LogP contribution in [-0.2, 0) is 16.3 Å². The van der Waals surface area contributed by atoms with E-state index in [0.29, 0.717) is 24.0 Å². The molecule has 0 unspecified atom stereocenters. The van der Waals surface area contributed by atoms with Crippen LogP contribution in [0.2, 0.25) is 0 Å². The largest absolute Gasteiger partial charge is 0.434 e. The van der Waals surface area contributed by atoms with Gasteiger partial charge in [-0.2, -0.15) is 0 Å². The molecule has 0 atom stereocenters. The number of hydrogen-bond acceptors (Lipinski definition) is 4. The van der Waals surface area contributed by atoms with Gasteiger partial charge in [-0.05, 0) is 43.0 Å². The summed E-state index contributed by atoms with van der Waals surface area (Å²) in [6, 6.07) is 19.0. The van der Waals surface area contributed by atoms with Gasteiger partial charge in [0.05, 0.1) is 6.61 Å². The zero-order valence-electron chi connectivity index (χ0n) is 13.7. The highest BCUT2D eigenvalue weighted by molar-refractivity contribution is 8.07. The van der Waals surface area contributed by atoms with E-state index in [9.17, 15) is 0 Å². The highest BCUT2D eigenvalue weighted by Crippen LogP contribution is 2.50. The van der Waals surface area contributed by atoms with Gasteiger partial charge in [0.1, 0.15) is 11.5 Å². The maximum absolute atomic E-state index is 6.06. The molecule has 0 amide bonds. The van der Waals surface area contributed by atoms with Crippen molar-refractivity contribution >= 4 is 18.5 Å². The molecule has 2 aromatic carbocycles. The number of benzene rings is 2. The van der Waals surface area contributed by atoms with E-state index in [-0.39, 0.29) is 0 Å². The molecule has 0 aliphatic heterocycles. The lowest BCUT2D eigenvalue weighted by Crippen LogP contribution is -2.15. The van der Waals surface area contributed by atoms with Gasteiger partial charge in [-0.1, -0.05) is 55.7 Å². The second kappa shape index (κ2) is 8.66. The van der Waals surface area contributed by atoms with E-state index >= 15 is 0 Å². The van der Waals surface area contributed by atoms with Crippen LogP contribution in [-0.4, -0.2) is 6.61 Å². The molecule has 5 heteroatoms. The first-order valence-corrected chi connectivity index (χ1v) is 11.0. The Morgan fingerprint density at radius 3 is 1.79 bits per heavy atom. The predicted molar refractivity (Wildman–Crippen MR) is 101 cm³/mol. The summed E-state index contributed by atoms with van der Waals surface area (Å²) in [5, 5.41) is 0. The average Bonchev–Trinajstić information content (AvgIpc) is 2.63. The third-order valence-corrected chi connectivity index (χ3v) is 6.21. The summed E-state index contributed by atoms with van der Waals surface area (Å²) in [5.41, 5.74) is 0. The van der Waals surface area contributed by atoms with Crippen LogP contribution in [0.15, 0.2) is 60.7 Å². The van der Waals surface area contributed by atoms with Crippen LogP contribution < -0.4 is 9.05 Å². The van der Waals surface area contributed by atoms with Crippen molar-refractivity contribution in [1.82, 2.24) is 0 Å². The van der Waals surface area contributed by atoms with E-state index < -0.39 is 6.72 Å². The Hall–Kier alpha value is -1.35. The Kier molecular flexibility index (Phi) is 6.30. The van der Waals surface area contributed by atoms with Crippen LogP contribution in [0.5, 0.6) is 11.5 Å². The first-order chi connectivity index (χ1) is 11.7. The summed E-state index contributed by atoms with van der Waals surface area (Å²) in [4.78, 5) is 0. The molecular formula is C19H23O3PS. The van der Waals surface area contributed by atoms with Crippen molar-refractivity contribution in [3.63, 3.8) is 0 Å². The molecule has 1 aliphatic rings. The normalized spacial score (nSPS) is 15.8. The molecule has 3 nitrogen and oxygen atoms in total. The van der Waals surface area contributed by atoms with Gasteiger partial charge in [-0.15, -0.1) is 0 Å². The first kappa shape index (κ1) is 17.5. The summed E-state index contributed by atoms with van der Waals surface area (Å²) >= 11 is 5.68. The molecule has 1 fully saturated rings. The number of rotatable bonds is 7. The van der Waals surface area contributed by atoms with Gasteiger partial charge >= 0.3 is 6.72 Å². The quantitative estimate of drug-likeness (QED) is 0.568. The monoisotopic (exact) mass is 362 g/mol. The van der Waals surface area contributed by atoms with Crippen molar-refractivity contribution in [2.45, 2.75) is 32.1 Å². The molecule has 128 valence electrons. The van der Waals surface area contributed by atoms with Gasteiger partial charge in [0.25, 0.3) is 0 Å². The maximum atomic E-state index is 6.06. The van der Waals surface area contributed by atoms with Crippen molar-refractivity contribution in [2.75, 3.05) is 6.61 Å². The smallest absolute Gasteiger partial charge is 0.416 e. The van der Waals surface area contributed by atoms with Gasteiger partial charge in [-0.3, -0.25) is 4.52 Å². The van der Waals surface area contributed by atoms with Gasteiger partial charge in [-0.25, -0.2) is 0 Å². The average molecular weight is 362 g/mol. The number of hydrogen-bond donors (Lipinski definition) is 0.